The first-order valence-electron chi connectivity index (χ1n) is 12.3. The molecule has 0 fully saturated rings. The number of methoxy groups -OCH3 is 1. The summed E-state index contributed by atoms with van der Waals surface area (Å²) >= 11 is 0. The molecule has 0 radical (unpaired) electrons. The van der Waals surface area contributed by atoms with Gasteiger partial charge < -0.3 is 10.1 Å². The lowest BCUT2D eigenvalue weighted by atomic mass is 9.99. The molecule has 5 heteroatoms. The van der Waals surface area contributed by atoms with Crippen LogP contribution in [0.15, 0.2) is 0 Å². The second kappa shape index (κ2) is 19.6. The van der Waals surface area contributed by atoms with Crippen LogP contribution in [0.2, 0.25) is 0 Å². The first-order valence-corrected chi connectivity index (χ1v) is 12.3. The van der Waals surface area contributed by atoms with Crippen molar-refractivity contribution < 1.29 is 19.1 Å². The highest BCUT2D eigenvalue weighted by Gasteiger charge is 2.20. The monoisotopic (exact) mass is 425 g/mol. The summed E-state index contributed by atoms with van der Waals surface area (Å²) in [4.78, 5) is 35.7. The normalized spacial score (nSPS) is 12.0. The molecule has 0 aromatic heterocycles. The number of unbranched alkanes of at least 4 members (excludes halogenated alkanes) is 11. The lowest BCUT2D eigenvalue weighted by molar-refractivity contribution is -0.141. The van der Waals surface area contributed by atoms with E-state index in [4.69, 9.17) is 0 Å². The van der Waals surface area contributed by atoms with Crippen molar-refractivity contribution in [2.45, 2.75) is 130 Å². The number of hydrogen-bond acceptors (Lipinski definition) is 4. The van der Waals surface area contributed by atoms with E-state index in [1.54, 1.807) is 0 Å². The van der Waals surface area contributed by atoms with E-state index in [9.17, 15) is 14.4 Å². The quantitative estimate of drug-likeness (QED) is 0.145. The molecule has 0 aliphatic carbocycles. The number of nitrogens with one attached hydrogen (secondary N) is 1. The number of amides is 1. The number of esters is 1. The van der Waals surface area contributed by atoms with Gasteiger partial charge in [0.2, 0.25) is 5.78 Å². The summed E-state index contributed by atoms with van der Waals surface area (Å²) in [6.45, 7) is 6.37. The van der Waals surface area contributed by atoms with Crippen molar-refractivity contribution in [3.05, 3.63) is 0 Å². The zero-order valence-electron chi connectivity index (χ0n) is 20.1. The number of carbonyl (C=O) groups is 3. The average Bonchev–Trinajstić information content (AvgIpc) is 2.71. The molecule has 1 amide bonds. The molecular weight excluding hydrogens is 378 g/mol. The summed E-state index contributed by atoms with van der Waals surface area (Å²) in [5.74, 6) is -0.761. The third kappa shape index (κ3) is 17.5. The van der Waals surface area contributed by atoms with Gasteiger partial charge in [0, 0.05) is 18.9 Å². The van der Waals surface area contributed by atoms with Crippen LogP contribution in [-0.4, -0.2) is 30.8 Å². The van der Waals surface area contributed by atoms with Crippen molar-refractivity contribution in [2.75, 3.05) is 7.11 Å². The molecule has 176 valence electrons. The summed E-state index contributed by atoms with van der Waals surface area (Å²) in [5.41, 5.74) is 0. The molecule has 1 N–H and O–H groups in total. The highest BCUT2D eigenvalue weighted by atomic mass is 16.5. The number of ketones is 1. The maximum atomic E-state index is 12.2. The maximum Gasteiger partial charge on any atom is 0.305 e. The minimum atomic E-state index is -0.506. The molecule has 0 heterocycles. The molecule has 5 nitrogen and oxygen atoms in total. The molecule has 1 atom stereocenters. The van der Waals surface area contributed by atoms with Crippen molar-refractivity contribution in [1.29, 1.82) is 0 Å². The third-order valence-corrected chi connectivity index (χ3v) is 5.53. The molecule has 0 spiro atoms. The maximum absolute atomic E-state index is 12.2. The molecule has 0 unspecified atom stereocenters. The fourth-order valence-electron chi connectivity index (χ4n) is 3.72. The predicted molar refractivity (Wildman–Crippen MR) is 123 cm³/mol. The van der Waals surface area contributed by atoms with Gasteiger partial charge in [0.25, 0.3) is 5.91 Å². The third-order valence-electron chi connectivity index (χ3n) is 5.53. The van der Waals surface area contributed by atoms with Crippen molar-refractivity contribution in [3.63, 3.8) is 0 Å². The van der Waals surface area contributed by atoms with Gasteiger partial charge in [-0.15, -0.1) is 0 Å². The lowest BCUT2D eigenvalue weighted by Gasteiger charge is -2.19. The Balaban J connectivity index is 3.84. The van der Waals surface area contributed by atoms with Gasteiger partial charge in [-0.3, -0.25) is 14.4 Å². The SMILES string of the molecule is CCCCCCCCCCCCCCC(=O)C(=O)N[C@H](CCC(=O)OC)CC(C)C. The van der Waals surface area contributed by atoms with Crippen LogP contribution >= 0.6 is 0 Å². The molecular formula is C25H47NO4. The largest absolute Gasteiger partial charge is 0.469 e. The van der Waals surface area contributed by atoms with Crippen molar-refractivity contribution in [1.82, 2.24) is 5.32 Å². The number of ether oxygens (including phenoxy) is 1. The van der Waals surface area contributed by atoms with Crippen molar-refractivity contribution >= 4 is 17.7 Å². The number of rotatable bonds is 20. The fourth-order valence-corrected chi connectivity index (χ4v) is 3.72. The van der Waals surface area contributed by atoms with Gasteiger partial charge in [0.1, 0.15) is 0 Å². The Kier molecular flexibility index (Phi) is 18.7. The van der Waals surface area contributed by atoms with Gasteiger partial charge in [-0.25, -0.2) is 0 Å². The van der Waals surface area contributed by atoms with Crippen LogP contribution in [0.1, 0.15) is 124 Å². The minimum Gasteiger partial charge on any atom is -0.469 e. The van der Waals surface area contributed by atoms with Gasteiger partial charge in [0.15, 0.2) is 0 Å². The Labute approximate surface area is 185 Å². The predicted octanol–water partition coefficient (Wildman–Crippen LogP) is 6.13. The van der Waals surface area contributed by atoms with Crippen LogP contribution in [0, 0.1) is 5.92 Å². The zero-order valence-corrected chi connectivity index (χ0v) is 20.1. The van der Waals surface area contributed by atoms with Crippen molar-refractivity contribution in [3.8, 4) is 0 Å². The molecule has 30 heavy (non-hydrogen) atoms. The molecule has 0 rings (SSSR count). The second-order valence-electron chi connectivity index (χ2n) is 8.98. The van der Waals surface area contributed by atoms with E-state index >= 15 is 0 Å². The average molecular weight is 426 g/mol. The first-order chi connectivity index (χ1) is 14.4. The van der Waals surface area contributed by atoms with Gasteiger partial charge in [0.05, 0.1) is 7.11 Å². The Morgan fingerprint density at radius 1 is 0.767 bits per heavy atom. The summed E-state index contributed by atoms with van der Waals surface area (Å²) in [7, 11) is 1.36. The highest BCUT2D eigenvalue weighted by Crippen LogP contribution is 2.13. The molecule has 0 aliphatic rings. The van der Waals surface area contributed by atoms with E-state index < -0.39 is 5.91 Å². The summed E-state index contributed by atoms with van der Waals surface area (Å²) in [6, 6.07) is -0.164. The molecule has 0 aromatic rings. The standard InChI is InChI=1S/C25H47NO4/c1-5-6-7-8-9-10-11-12-13-14-15-16-17-23(27)25(29)26-22(20-21(2)3)18-19-24(28)30-4/h21-22H,5-20H2,1-4H3,(H,26,29)/t22-/m1/s1. The van der Waals surface area contributed by atoms with Crippen LogP contribution in [0.3, 0.4) is 0 Å². The van der Waals surface area contributed by atoms with E-state index in [1.165, 1.54) is 64.9 Å². The smallest absolute Gasteiger partial charge is 0.305 e. The topological polar surface area (TPSA) is 72.5 Å². The molecule has 0 saturated heterocycles. The van der Waals surface area contributed by atoms with Crippen LogP contribution < -0.4 is 5.32 Å². The van der Waals surface area contributed by atoms with E-state index in [0.29, 0.717) is 18.8 Å². The van der Waals surface area contributed by atoms with Crippen LogP contribution in [0.5, 0.6) is 0 Å². The summed E-state index contributed by atoms with van der Waals surface area (Å²) in [5, 5.41) is 2.82. The van der Waals surface area contributed by atoms with Gasteiger partial charge in [-0.1, -0.05) is 91.4 Å². The van der Waals surface area contributed by atoms with Gasteiger partial charge in [-0.05, 0) is 25.2 Å². The second-order valence-corrected chi connectivity index (χ2v) is 8.98. The van der Waals surface area contributed by atoms with E-state index in [0.717, 1.165) is 25.7 Å². The van der Waals surface area contributed by atoms with Gasteiger partial charge in [-0.2, -0.15) is 0 Å². The van der Waals surface area contributed by atoms with Crippen LogP contribution in [-0.2, 0) is 19.1 Å². The molecule has 0 bridgehead atoms. The lowest BCUT2D eigenvalue weighted by Crippen LogP contribution is -2.40. The Morgan fingerprint density at radius 2 is 1.27 bits per heavy atom. The van der Waals surface area contributed by atoms with Crippen molar-refractivity contribution in [2.24, 2.45) is 5.92 Å². The number of Topliss-reactive ketones (excluding diaryl/α,β-unsaturated/α-hetero) is 1. The Morgan fingerprint density at radius 3 is 1.73 bits per heavy atom. The first kappa shape index (κ1) is 28.6. The molecule has 0 saturated carbocycles. The van der Waals surface area contributed by atoms with Crippen LogP contribution in [0.4, 0.5) is 0 Å². The van der Waals surface area contributed by atoms with Gasteiger partial charge >= 0.3 is 5.97 Å². The summed E-state index contributed by atoms with van der Waals surface area (Å²) < 4.78 is 4.67. The fraction of sp³-hybridized carbons (Fsp3) is 0.880. The zero-order chi connectivity index (χ0) is 22.6. The Hall–Kier alpha value is -1.39. The minimum absolute atomic E-state index is 0.164. The van der Waals surface area contributed by atoms with Crippen LogP contribution in [0.25, 0.3) is 0 Å². The molecule has 0 aliphatic heterocycles. The number of carbonyl (C=O) groups excluding carboxylic acids is 3. The van der Waals surface area contributed by atoms with E-state index in [2.05, 4.69) is 30.8 Å². The summed E-state index contributed by atoms with van der Waals surface area (Å²) in [6.07, 6.45) is 16.7. The highest BCUT2D eigenvalue weighted by molar-refractivity contribution is 6.36. The Bertz CT molecular complexity index is 462. The van der Waals surface area contributed by atoms with E-state index in [1.807, 2.05) is 0 Å². The molecule has 0 aromatic carbocycles. The number of hydrogen-bond donors (Lipinski definition) is 1. The van der Waals surface area contributed by atoms with E-state index in [-0.39, 0.29) is 24.2 Å².